The van der Waals surface area contributed by atoms with Crippen molar-refractivity contribution in [3.8, 4) is 5.75 Å². The number of anilines is 1. The molecule has 1 unspecified atom stereocenters. The van der Waals surface area contributed by atoms with Crippen LogP contribution in [-0.2, 0) is 14.3 Å². The average Bonchev–Trinajstić information content (AvgIpc) is 3.14. The standard InChI is InChI=1S/C25H30N4O4S/c1-2-33-21-11-7-6-10-20(21)27-25-29(13-12-28-14-16-32-17-15-28)24(31)22(34-25)18-23(30)26-19-8-4-3-5-9-19/h3-11,22H,2,12-18H2,1H3,(H,26,30). The van der Waals surface area contributed by atoms with E-state index in [1.165, 1.54) is 11.8 Å². The summed E-state index contributed by atoms with van der Waals surface area (Å²) < 4.78 is 11.1. The third kappa shape index (κ3) is 6.37. The number of nitrogens with one attached hydrogen (secondary N) is 1. The van der Waals surface area contributed by atoms with Crippen LogP contribution in [0, 0.1) is 0 Å². The second-order valence-electron chi connectivity index (χ2n) is 7.96. The van der Waals surface area contributed by atoms with Gasteiger partial charge in [-0.25, -0.2) is 4.99 Å². The van der Waals surface area contributed by atoms with Crippen LogP contribution in [0.15, 0.2) is 59.6 Å². The van der Waals surface area contributed by atoms with E-state index in [0.29, 0.717) is 48.7 Å². The SMILES string of the molecule is CCOc1ccccc1N=C1SC(CC(=O)Nc2ccccc2)C(=O)N1CCN1CCOCC1. The predicted octanol–water partition coefficient (Wildman–Crippen LogP) is 3.38. The van der Waals surface area contributed by atoms with Gasteiger partial charge in [0.05, 0.1) is 19.8 Å². The highest BCUT2D eigenvalue weighted by atomic mass is 32.2. The van der Waals surface area contributed by atoms with Crippen molar-refractivity contribution in [2.24, 2.45) is 4.99 Å². The first-order chi connectivity index (χ1) is 16.6. The Morgan fingerprint density at radius 2 is 1.85 bits per heavy atom. The van der Waals surface area contributed by atoms with Gasteiger partial charge in [-0.2, -0.15) is 0 Å². The highest BCUT2D eigenvalue weighted by Gasteiger charge is 2.39. The number of thioether (sulfide) groups is 1. The Labute approximate surface area is 204 Å². The third-order valence-corrected chi connectivity index (χ3v) is 6.75. The average molecular weight is 483 g/mol. The summed E-state index contributed by atoms with van der Waals surface area (Å²) >= 11 is 1.34. The molecule has 0 spiro atoms. The molecule has 2 aliphatic rings. The summed E-state index contributed by atoms with van der Waals surface area (Å²) in [7, 11) is 0. The molecule has 2 saturated heterocycles. The van der Waals surface area contributed by atoms with Gasteiger partial charge in [0.1, 0.15) is 16.7 Å². The number of aliphatic imine (C=N–C) groups is 1. The minimum absolute atomic E-state index is 0.0819. The van der Waals surface area contributed by atoms with Gasteiger partial charge in [-0.1, -0.05) is 42.1 Å². The molecule has 2 aliphatic heterocycles. The molecule has 1 N–H and O–H groups in total. The summed E-state index contributed by atoms with van der Waals surface area (Å²) in [5.74, 6) is 0.388. The highest BCUT2D eigenvalue weighted by Crippen LogP contribution is 2.34. The van der Waals surface area contributed by atoms with Crippen molar-refractivity contribution in [1.82, 2.24) is 9.80 Å². The fourth-order valence-electron chi connectivity index (χ4n) is 3.83. The lowest BCUT2D eigenvalue weighted by Gasteiger charge is -2.28. The number of amides is 2. The maximum absolute atomic E-state index is 13.3. The molecule has 0 aromatic heterocycles. The van der Waals surface area contributed by atoms with Gasteiger partial charge >= 0.3 is 0 Å². The minimum atomic E-state index is -0.522. The van der Waals surface area contributed by atoms with E-state index in [1.54, 1.807) is 4.90 Å². The van der Waals surface area contributed by atoms with Crippen molar-refractivity contribution < 1.29 is 19.1 Å². The summed E-state index contributed by atoms with van der Waals surface area (Å²) in [6.07, 6.45) is 0.0819. The summed E-state index contributed by atoms with van der Waals surface area (Å²) in [5, 5.41) is 2.95. The normalized spacial score (nSPS) is 20.0. The molecule has 0 bridgehead atoms. The Morgan fingerprint density at radius 3 is 2.62 bits per heavy atom. The Kier molecular flexibility index (Phi) is 8.56. The largest absolute Gasteiger partial charge is 0.492 e. The molecular formula is C25H30N4O4S. The zero-order valence-electron chi connectivity index (χ0n) is 19.3. The van der Waals surface area contributed by atoms with Gasteiger partial charge in [0.25, 0.3) is 0 Å². The third-order valence-electron chi connectivity index (χ3n) is 5.57. The topological polar surface area (TPSA) is 83.5 Å². The van der Waals surface area contributed by atoms with E-state index in [2.05, 4.69) is 10.2 Å². The van der Waals surface area contributed by atoms with E-state index >= 15 is 0 Å². The van der Waals surface area contributed by atoms with Gasteiger partial charge in [-0.3, -0.25) is 19.4 Å². The van der Waals surface area contributed by atoms with E-state index in [1.807, 2.05) is 61.5 Å². The van der Waals surface area contributed by atoms with Crippen LogP contribution in [0.4, 0.5) is 11.4 Å². The molecule has 8 nitrogen and oxygen atoms in total. The fourth-order valence-corrected chi connectivity index (χ4v) is 5.01. The minimum Gasteiger partial charge on any atom is -0.492 e. The first-order valence-electron chi connectivity index (χ1n) is 11.6. The summed E-state index contributed by atoms with van der Waals surface area (Å²) in [6.45, 7) is 6.78. The number of hydrogen-bond acceptors (Lipinski definition) is 7. The molecule has 0 aliphatic carbocycles. The molecular weight excluding hydrogens is 452 g/mol. The van der Waals surface area contributed by atoms with Gasteiger partial charge in [-0.05, 0) is 31.2 Å². The van der Waals surface area contributed by atoms with Crippen LogP contribution in [-0.4, -0.2) is 78.0 Å². The van der Waals surface area contributed by atoms with Crippen LogP contribution in [0.25, 0.3) is 0 Å². The van der Waals surface area contributed by atoms with Crippen molar-refractivity contribution in [3.63, 3.8) is 0 Å². The van der Waals surface area contributed by atoms with Crippen molar-refractivity contribution >= 4 is 40.1 Å². The van der Waals surface area contributed by atoms with Crippen molar-refractivity contribution in [2.75, 3.05) is 51.3 Å². The molecule has 2 aromatic rings. The Hall–Kier alpha value is -2.88. The van der Waals surface area contributed by atoms with Crippen molar-refractivity contribution in [2.45, 2.75) is 18.6 Å². The maximum Gasteiger partial charge on any atom is 0.242 e. The molecule has 2 fully saturated rings. The zero-order valence-corrected chi connectivity index (χ0v) is 20.1. The smallest absolute Gasteiger partial charge is 0.242 e. The van der Waals surface area contributed by atoms with Crippen LogP contribution < -0.4 is 10.1 Å². The lowest BCUT2D eigenvalue weighted by molar-refractivity contribution is -0.128. The highest BCUT2D eigenvalue weighted by molar-refractivity contribution is 8.15. The first-order valence-corrected chi connectivity index (χ1v) is 12.5. The number of para-hydroxylation sites is 3. The molecule has 9 heteroatoms. The predicted molar refractivity (Wildman–Crippen MR) is 135 cm³/mol. The van der Waals surface area contributed by atoms with Crippen LogP contribution in [0.3, 0.4) is 0 Å². The van der Waals surface area contributed by atoms with Crippen LogP contribution >= 0.6 is 11.8 Å². The number of benzene rings is 2. The molecule has 180 valence electrons. The molecule has 0 radical (unpaired) electrons. The number of rotatable bonds is 9. The summed E-state index contributed by atoms with van der Waals surface area (Å²) in [4.78, 5) is 34.8. The number of ether oxygens (including phenoxy) is 2. The van der Waals surface area contributed by atoms with E-state index in [0.717, 1.165) is 19.6 Å². The summed E-state index contributed by atoms with van der Waals surface area (Å²) in [5.41, 5.74) is 1.39. The van der Waals surface area contributed by atoms with Gasteiger partial charge in [0.15, 0.2) is 5.17 Å². The zero-order chi connectivity index (χ0) is 23.8. The molecule has 2 aromatic carbocycles. The molecule has 1 atom stereocenters. The van der Waals surface area contributed by atoms with Crippen molar-refractivity contribution in [1.29, 1.82) is 0 Å². The maximum atomic E-state index is 13.3. The van der Waals surface area contributed by atoms with Crippen LogP contribution in [0.2, 0.25) is 0 Å². The lowest BCUT2D eigenvalue weighted by Crippen LogP contribution is -2.43. The molecule has 34 heavy (non-hydrogen) atoms. The molecule has 4 rings (SSSR count). The van der Waals surface area contributed by atoms with E-state index in [-0.39, 0.29) is 18.2 Å². The second kappa shape index (κ2) is 12.0. The molecule has 2 heterocycles. The molecule has 2 amide bonds. The van der Waals surface area contributed by atoms with E-state index in [9.17, 15) is 9.59 Å². The first kappa shape index (κ1) is 24.3. The van der Waals surface area contributed by atoms with E-state index < -0.39 is 5.25 Å². The molecule has 0 saturated carbocycles. The quantitative estimate of drug-likeness (QED) is 0.590. The number of carbonyl (C=O) groups excluding carboxylic acids is 2. The van der Waals surface area contributed by atoms with Gasteiger partial charge in [0.2, 0.25) is 11.8 Å². The van der Waals surface area contributed by atoms with Crippen LogP contribution in [0.5, 0.6) is 5.75 Å². The fraction of sp³-hybridized carbons (Fsp3) is 0.400. The number of hydrogen-bond donors (Lipinski definition) is 1. The summed E-state index contributed by atoms with van der Waals surface area (Å²) in [6, 6.07) is 16.8. The Morgan fingerprint density at radius 1 is 1.12 bits per heavy atom. The Balaban J connectivity index is 1.50. The van der Waals surface area contributed by atoms with Crippen LogP contribution in [0.1, 0.15) is 13.3 Å². The monoisotopic (exact) mass is 482 g/mol. The number of nitrogens with zero attached hydrogens (tertiary/aromatic N) is 3. The van der Waals surface area contributed by atoms with E-state index in [4.69, 9.17) is 14.5 Å². The van der Waals surface area contributed by atoms with Gasteiger partial charge < -0.3 is 14.8 Å². The number of amidine groups is 1. The second-order valence-corrected chi connectivity index (χ2v) is 9.13. The number of carbonyl (C=O) groups is 2. The lowest BCUT2D eigenvalue weighted by atomic mass is 10.2. The Bertz CT molecular complexity index is 1010. The number of morpholine rings is 1. The van der Waals surface area contributed by atoms with Gasteiger partial charge in [0, 0.05) is 38.3 Å². The van der Waals surface area contributed by atoms with Gasteiger partial charge in [-0.15, -0.1) is 0 Å². The van der Waals surface area contributed by atoms with Crippen molar-refractivity contribution in [3.05, 3.63) is 54.6 Å².